The van der Waals surface area contributed by atoms with E-state index in [2.05, 4.69) is 20.8 Å². The Morgan fingerprint density at radius 2 is 1.15 bits per heavy atom. The van der Waals surface area contributed by atoms with Gasteiger partial charge in [0.1, 0.15) is 29.7 Å². The van der Waals surface area contributed by atoms with Crippen molar-refractivity contribution < 1.29 is 82.9 Å². The average Bonchev–Trinajstić information content (AvgIpc) is 3.28. The fraction of sp³-hybridized carbons (Fsp3) is 0.222. The van der Waals surface area contributed by atoms with Crippen LogP contribution < -0.4 is 20.1 Å². The fourth-order valence-electron chi connectivity index (χ4n) is 9.66. The van der Waals surface area contributed by atoms with Gasteiger partial charge in [0, 0.05) is 29.0 Å². The van der Waals surface area contributed by atoms with Crippen LogP contribution in [0, 0.1) is 23.5 Å². The van der Waals surface area contributed by atoms with Crippen molar-refractivity contribution in [3.63, 3.8) is 0 Å². The highest BCUT2D eigenvalue weighted by Gasteiger charge is 2.38. The highest BCUT2D eigenvalue weighted by Crippen LogP contribution is 2.44. The second-order valence-corrected chi connectivity index (χ2v) is 20.2. The molecule has 1 aliphatic rings. The third-order valence-electron chi connectivity index (χ3n) is 14.3. The molecule has 1 heterocycles. The predicted molar refractivity (Wildman–Crippen MR) is 297 cm³/mol. The van der Waals surface area contributed by atoms with Gasteiger partial charge in [0.2, 0.25) is 17.6 Å². The summed E-state index contributed by atoms with van der Waals surface area (Å²) >= 11 is 0. The summed E-state index contributed by atoms with van der Waals surface area (Å²) in [6.07, 6.45) is -8.56. The number of nitrogens with one attached hydrogen (secondary N) is 2. The van der Waals surface area contributed by atoms with Gasteiger partial charge in [0.15, 0.2) is 0 Å². The minimum absolute atomic E-state index is 0.000775. The first-order valence-electron chi connectivity index (χ1n) is 26.5. The molecule has 0 aliphatic heterocycles. The fourth-order valence-corrected chi connectivity index (χ4v) is 9.66. The number of hydrogen-bond acceptors (Lipinski definition) is 11. The lowest BCUT2D eigenvalue weighted by atomic mass is 10.00. The molecular weight excluding hydrogens is 1140 g/mol. The number of nitrogens with zero attached hydrogens (tertiary/aromatic N) is 3. The molecule has 3 N–H and O–H groups in total. The maximum absolute atomic E-state index is 15.5. The SMILES string of the molecule is COC(=O)CN(Cc1ccc(-c2noc(-c3ccc(-c4ccc(C[C@H]5CC5CCOc5ccc(CC(=O)Nc6ccc(C(=O)O)c(F)c6)c(C(F)(F)F)c5)cc4)cc3)n2)cc1)C(=O)c1ccc(NC(=O)Cc2ccc(OC)cc2C(F)(F)F)cc1F. The molecule has 8 aromatic rings. The highest BCUT2D eigenvalue weighted by atomic mass is 19.4. The van der Waals surface area contributed by atoms with Crippen LogP contribution in [0.5, 0.6) is 11.5 Å². The minimum atomic E-state index is -4.80. The molecule has 15 nitrogen and oxygen atoms in total. The van der Waals surface area contributed by atoms with Gasteiger partial charge in [-0.15, -0.1) is 0 Å². The quantitative estimate of drug-likeness (QED) is 0.0429. The van der Waals surface area contributed by atoms with Gasteiger partial charge in [-0.3, -0.25) is 19.2 Å². The molecule has 0 bridgehead atoms. The number of carbonyl (C=O) groups excluding carboxylic acids is 4. The number of halogens is 8. The third kappa shape index (κ3) is 15.2. The molecule has 2 atom stereocenters. The predicted octanol–water partition coefficient (Wildman–Crippen LogP) is 12.9. The van der Waals surface area contributed by atoms with Gasteiger partial charge < -0.3 is 39.4 Å². The average molecular weight is 1190 g/mol. The molecule has 7 aromatic carbocycles. The number of aromatic nitrogens is 2. The van der Waals surface area contributed by atoms with E-state index >= 15 is 4.39 Å². The minimum Gasteiger partial charge on any atom is -0.497 e. The lowest BCUT2D eigenvalue weighted by molar-refractivity contribution is -0.141. The van der Waals surface area contributed by atoms with Gasteiger partial charge in [0.05, 0.1) is 55.9 Å². The second-order valence-electron chi connectivity index (χ2n) is 20.2. The second kappa shape index (κ2) is 25.9. The molecule has 1 aromatic heterocycles. The molecule has 1 fully saturated rings. The maximum atomic E-state index is 15.5. The number of benzene rings is 7. The number of esters is 1. The van der Waals surface area contributed by atoms with Crippen molar-refractivity contribution in [2.24, 2.45) is 11.8 Å². The van der Waals surface area contributed by atoms with Gasteiger partial charge in [-0.1, -0.05) is 78.0 Å². The standard InChI is InChI=1S/C63H51F8N5O10/c1-83-47-19-15-42(51(31-47)62(66,67)68)27-55(77)72-45-17-21-49(53(64)29-45)60(80)76(34-57(79)84-2)33-36-5-9-39(10-6-36)58-74-59(86-75-58)40-13-11-38(12-14-40)37-7-3-35(4-8-37)25-44-26-41(44)23-24-85-48-20-16-43(52(32-48)63(69,70)71)28-56(78)73-46-18-22-50(61(81)82)54(65)30-46/h3-22,29-32,41,44H,23-28,33-34H2,1-2H3,(H,72,77)(H,73,78)(H,81,82)/t41?,44-/m0/s1. The topological polar surface area (TPSA) is 199 Å². The number of rotatable bonds is 22. The number of carboxylic acid groups (broad SMARTS) is 1. The van der Waals surface area contributed by atoms with Gasteiger partial charge >= 0.3 is 24.3 Å². The van der Waals surface area contributed by atoms with Crippen molar-refractivity contribution >= 4 is 41.0 Å². The number of hydrogen-bond donors (Lipinski definition) is 3. The number of anilines is 2. The molecule has 1 saturated carbocycles. The van der Waals surface area contributed by atoms with E-state index in [1.54, 1.807) is 24.3 Å². The van der Waals surface area contributed by atoms with Gasteiger partial charge in [-0.2, -0.15) is 31.3 Å². The number of amides is 3. The van der Waals surface area contributed by atoms with E-state index in [1.165, 1.54) is 25.3 Å². The zero-order valence-electron chi connectivity index (χ0n) is 45.7. The van der Waals surface area contributed by atoms with Gasteiger partial charge in [-0.25, -0.2) is 13.6 Å². The van der Waals surface area contributed by atoms with Crippen LogP contribution in [0.1, 0.15) is 66.9 Å². The Labute approximate surface area is 485 Å². The lowest BCUT2D eigenvalue weighted by Crippen LogP contribution is -2.36. The van der Waals surface area contributed by atoms with Gasteiger partial charge in [0.25, 0.3) is 11.8 Å². The monoisotopic (exact) mass is 1190 g/mol. The van der Waals surface area contributed by atoms with E-state index in [-0.39, 0.29) is 58.9 Å². The van der Waals surface area contributed by atoms with Crippen LogP contribution in [0.3, 0.4) is 0 Å². The van der Waals surface area contributed by atoms with Crippen molar-refractivity contribution in [3.8, 4) is 45.5 Å². The Balaban J connectivity index is 0.741. The molecule has 1 unspecified atom stereocenters. The zero-order valence-corrected chi connectivity index (χ0v) is 45.7. The molecule has 0 radical (unpaired) electrons. The van der Waals surface area contributed by atoms with Crippen LogP contribution in [0.15, 0.2) is 150 Å². The molecular formula is C63H51F8N5O10. The summed E-state index contributed by atoms with van der Waals surface area (Å²) < 4.78 is 134. The van der Waals surface area contributed by atoms with Crippen molar-refractivity contribution in [2.45, 2.75) is 51.0 Å². The Hall–Kier alpha value is -9.93. The Morgan fingerprint density at radius 3 is 1.70 bits per heavy atom. The molecule has 1 aliphatic carbocycles. The number of carbonyl (C=O) groups is 5. The Bertz CT molecular complexity index is 3820. The van der Waals surface area contributed by atoms with E-state index in [1.807, 2.05) is 48.5 Å². The molecule has 0 spiro atoms. The number of carboxylic acids is 1. The van der Waals surface area contributed by atoms with Crippen molar-refractivity contribution in [3.05, 3.63) is 202 Å². The molecule has 0 saturated heterocycles. The van der Waals surface area contributed by atoms with E-state index in [9.17, 15) is 54.7 Å². The normalized spacial score (nSPS) is 13.8. The Kier molecular flexibility index (Phi) is 18.3. The van der Waals surface area contributed by atoms with E-state index in [4.69, 9.17) is 23.8 Å². The van der Waals surface area contributed by atoms with Crippen molar-refractivity contribution in [2.75, 3.05) is 38.0 Å². The first kappa shape index (κ1) is 60.7. The number of methoxy groups -OCH3 is 2. The molecule has 23 heteroatoms. The van der Waals surface area contributed by atoms with E-state index in [0.29, 0.717) is 34.9 Å². The van der Waals surface area contributed by atoms with E-state index < -0.39 is 95.3 Å². The first-order valence-corrected chi connectivity index (χ1v) is 26.5. The summed E-state index contributed by atoms with van der Waals surface area (Å²) in [5.41, 5.74) is 0.693. The molecule has 86 heavy (non-hydrogen) atoms. The maximum Gasteiger partial charge on any atom is 0.416 e. The number of ether oxygens (including phenoxy) is 3. The summed E-state index contributed by atoms with van der Waals surface area (Å²) in [6, 6.07) is 34.8. The summed E-state index contributed by atoms with van der Waals surface area (Å²) in [4.78, 5) is 68.2. The molecule has 444 valence electrons. The zero-order chi connectivity index (χ0) is 61.5. The van der Waals surface area contributed by atoms with Crippen LogP contribution in [-0.4, -0.2) is 77.2 Å². The first-order chi connectivity index (χ1) is 41.0. The summed E-state index contributed by atoms with van der Waals surface area (Å²) in [5.74, 6) is -5.94. The van der Waals surface area contributed by atoms with Crippen molar-refractivity contribution in [1.29, 1.82) is 0 Å². The third-order valence-corrected chi connectivity index (χ3v) is 14.3. The van der Waals surface area contributed by atoms with Gasteiger partial charge in [-0.05, 0) is 137 Å². The van der Waals surface area contributed by atoms with Crippen LogP contribution >= 0.6 is 0 Å². The van der Waals surface area contributed by atoms with Crippen LogP contribution in [0.2, 0.25) is 0 Å². The smallest absolute Gasteiger partial charge is 0.416 e. The van der Waals surface area contributed by atoms with Crippen LogP contribution in [0.4, 0.5) is 46.5 Å². The summed E-state index contributed by atoms with van der Waals surface area (Å²) in [5, 5.41) is 17.8. The summed E-state index contributed by atoms with van der Waals surface area (Å²) in [6.45, 7) is -0.531. The van der Waals surface area contributed by atoms with E-state index in [0.717, 1.165) is 96.1 Å². The summed E-state index contributed by atoms with van der Waals surface area (Å²) in [7, 11) is 2.33. The number of aromatic carboxylic acids is 1. The molecule has 3 amide bonds. The Morgan fingerprint density at radius 1 is 0.628 bits per heavy atom. The van der Waals surface area contributed by atoms with Crippen molar-refractivity contribution in [1.82, 2.24) is 15.0 Å². The number of alkyl halides is 6. The van der Waals surface area contributed by atoms with Crippen LogP contribution in [-0.2, 0) is 57.3 Å². The largest absolute Gasteiger partial charge is 0.497 e. The molecule has 9 rings (SSSR count). The van der Waals surface area contributed by atoms with Crippen LogP contribution in [0.25, 0.3) is 34.0 Å². The highest BCUT2D eigenvalue weighted by molar-refractivity contribution is 5.98. The lowest BCUT2D eigenvalue weighted by Gasteiger charge is -2.22.